The van der Waals surface area contributed by atoms with Crippen molar-refractivity contribution in [2.75, 3.05) is 19.5 Å². The lowest BCUT2D eigenvalue weighted by Crippen LogP contribution is -2.11. The van der Waals surface area contributed by atoms with Crippen molar-refractivity contribution in [3.8, 4) is 22.9 Å². The van der Waals surface area contributed by atoms with E-state index < -0.39 is 0 Å². The lowest BCUT2D eigenvalue weighted by atomic mass is 10.1. The van der Waals surface area contributed by atoms with E-state index in [0.29, 0.717) is 40.4 Å². The molecule has 150 valence electrons. The number of amides is 1. The number of hydrogen-bond donors (Lipinski definition) is 1. The maximum absolute atomic E-state index is 12.6. The van der Waals surface area contributed by atoms with Gasteiger partial charge in [0.15, 0.2) is 11.5 Å². The molecule has 0 bridgehead atoms. The van der Waals surface area contributed by atoms with E-state index in [2.05, 4.69) is 15.5 Å². The fourth-order valence-electron chi connectivity index (χ4n) is 3.58. The number of nitrogens with one attached hydrogen (secondary N) is 1. The molecule has 1 saturated carbocycles. The van der Waals surface area contributed by atoms with E-state index in [1.54, 1.807) is 44.6 Å². The number of aromatic nitrogens is 2. The molecule has 4 rings (SSSR count). The van der Waals surface area contributed by atoms with Gasteiger partial charge in [-0.15, -0.1) is 0 Å². The Hall–Kier alpha value is -3.35. The minimum atomic E-state index is -0.219. The van der Waals surface area contributed by atoms with Crippen LogP contribution in [0.25, 0.3) is 11.4 Å². The van der Waals surface area contributed by atoms with Gasteiger partial charge >= 0.3 is 0 Å². The second kappa shape index (κ2) is 8.34. The van der Waals surface area contributed by atoms with Gasteiger partial charge in [-0.1, -0.05) is 30.1 Å². The molecule has 1 amide bonds. The van der Waals surface area contributed by atoms with E-state index in [1.807, 2.05) is 12.1 Å². The third kappa shape index (κ3) is 4.08. The predicted octanol–water partition coefficient (Wildman–Crippen LogP) is 4.66. The van der Waals surface area contributed by atoms with Crippen molar-refractivity contribution >= 4 is 11.6 Å². The molecule has 7 heteroatoms. The summed E-state index contributed by atoms with van der Waals surface area (Å²) in [7, 11) is 3.12. The number of hydrogen-bond acceptors (Lipinski definition) is 6. The van der Waals surface area contributed by atoms with Crippen molar-refractivity contribution in [2.24, 2.45) is 0 Å². The first-order valence-electron chi connectivity index (χ1n) is 9.65. The van der Waals surface area contributed by atoms with Crippen LogP contribution in [0, 0.1) is 0 Å². The Morgan fingerprint density at radius 3 is 2.45 bits per heavy atom. The van der Waals surface area contributed by atoms with Gasteiger partial charge in [0.1, 0.15) is 0 Å². The van der Waals surface area contributed by atoms with Crippen molar-refractivity contribution in [3.63, 3.8) is 0 Å². The van der Waals surface area contributed by atoms with Gasteiger partial charge in [0, 0.05) is 28.8 Å². The summed E-state index contributed by atoms with van der Waals surface area (Å²) in [6.45, 7) is 0. The molecule has 0 aliphatic heterocycles. The molecule has 0 atom stereocenters. The predicted molar refractivity (Wildman–Crippen MR) is 108 cm³/mol. The quantitative estimate of drug-likeness (QED) is 0.655. The van der Waals surface area contributed by atoms with Crippen LogP contribution in [0.5, 0.6) is 11.5 Å². The van der Waals surface area contributed by atoms with Gasteiger partial charge in [0.25, 0.3) is 5.91 Å². The van der Waals surface area contributed by atoms with Crippen molar-refractivity contribution in [3.05, 3.63) is 53.9 Å². The van der Waals surface area contributed by atoms with Crippen LogP contribution >= 0.6 is 0 Å². The van der Waals surface area contributed by atoms with E-state index in [-0.39, 0.29) is 5.91 Å². The molecule has 7 nitrogen and oxygen atoms in total. The summed E-state index contributed by atoms with van der Waals surface area (Å²) in [5.74, 6) is 2.58. The van der Waals surface area contributed by atoms with Crippen LogP contribution in [-0.2, 0) is 0 Å². The van der Waals surface area contributed by atoms with E-state index in [4.69, 9.17) is 14.0 Å². The normalized spacial score (nSPS) is 14.0. The van der Waals surface area contributed by atoms with Crippen LogP contribution in [-0.4, -0.2) is 30.3 Å². The van der Waals surface area contributed by atoms with Gasteiger partial charge in [-0.2, -0.15) is 4.98 Å². The molecule has 1 aromatic heterocycles. The Kier molecular flexibility index (Phi) is 5.46. The fraction of sp³-hybridized carbons (Fsp3) is 0.318. The zero-order valence-corrected chi connectivity index (χ0v) is 16.5. The highest BCUT2D eigenvalue weighted by molar-refractivity contribution is 6.04. The van der Waals surface area contributed by atoms with Crippen LogP contribution in [0.2, 0.25) is 0 Å². The lowest BCUT2D eigenvalue weighted by Gasteiger charge is -2.10. The molecule has 2 aromatic carbocycles. The van der Waals surface area contributed by atoms with Gasteiger partial charge in [0.05, 0.1) is 14.2 Å². The fourth-order valence-corrected chi connectivity index (χ4v) is 3.58. The van der Waals surface area contributed by atoms with Crippen molar-refractivity contribution in [2.45, 2.75) is 31.6 Å². The Bertz CT molecular complexity index is 992. The summed E-state index contributed by atoms with van der Waals surface area (Å²) in [5, 5.41) is 6.96. The van der Waals surface area contributed by atoms with E-state index in [0.717, 1.165) is 18.4 Å². The molecule has 1 N–H and O–H groups in total. The average Bonchev–Trinajstić information content (AvgIpc) is 3.45. The van der Waals surface area contributed by atoms with Crippen LogP contribution in [0.4, 0.5) is 5.69 Å². The van der Waals surface area contributed by atoms with Gasteiger partial charge in [-0.05, 0) is 37.1 Å². The van der Waals surface area contributed by atoms with Crippen LogP contribution in [0.3, 0.4) is 0 Å². The van der Waals surface area contributed by atoms with E-state index >= 15 is 0 Å². The topological polar surface area (TPSA) is 86.5 Å². The zero-order valence-electron chi connectivity index (χ0n) is 16.5. The Labute approximate surface area is 169 Å². The molecule has 1 aliphatic carbocycles. The SMILES string of the molecule is COc1ccc(NC(=O)c2ccc(-c3noc(C4CCCC4)n3)cc2)cc1OC. The zero-order chi connectivity index (χ0) is 20.2. The number of nitrogens with zero attached hydrogens (tertiary/aromatic N) is 2. The van der Waals surface area contributed by atoms with Crippen LogP contribution in [0.1, 0.15) is 47.8 Å². The first-order valence-corrected chi connectivity index (χ1v) is 9.65. The molecule has 29 heavy (non-hydrogen) atoms. The third-order valence-electron chi connectivity index (χ3n) is 5.19. The minimum absolute atomic E-state index is 0.219. The number of anilines is 1. The second-order valence-corrected chi connectivity index (χ2v) is 7.04. The summed E-state index contributed by atoms with van der Waals surface area (Å²) < 4.78 is 15.9. The Morgan fingerprint density at radius 2 is 1.76 bits per heavy atom. The van der Waals surface area contributed by atoms with Gasteiger partial charge in [-0.25, -0.2) is 0 Å². The highest BCUT2D eigenvalue weighted by Gasteiger charge is 2.23. The van der Waals surface area contributed by atoms with Gasteiger partial charge < -0.3 is 19.3 Å². The van der Waals surface area contributed by atoms with Crippen molar-refractivity contribution in [1.29, 1.82) is 0 Å². The molecule has 1 aliphatic rings. The molecule has 1 fully saturated rings. The van der Waals surface area contributed by atoms with Crippen molar-refractivity contribution in [1.82, 2.24) is 10.1 Å². The number of carbonyl (C=O) groups excluding carboxylic acids is 1. The number of carbonyl (C=O) groups is 1. The molecule has 0 spiro atoms. The first kappa shape index (κ1) is 19.0. The summed E-state index contributed by atoms with van der Waals surface area (Å²) in [4.78, 5) is 17.1. The largest absolute Gasteiger partial charge is 0.493 e. The molecule has 3 aromatic rings. The smallest absolute Gasteiger partial charge is 0.255 e. The van der Waals surface area contributed by atoms with Crippen LogP contribution < -0.4 is 14.8 Å². The average molecular weight is 393 g/mol. The number of ether oxygens (including phenoxy) is 2. The maximum Gasteiger partial charge on any atom is 0.255 e. The Balaban J connectivity index is 1.45. The van der Waals surface area contributed by atoms with Crippen molar-refractivity contribution < 1.29 is 18.8 Å². The molecular formula is C22H23N3O4. The lowest BCUT2D eigenvalue weighted by molar-refractivity contribution is 0.102. The van der Waals surface area contributed by atoms with Crippen LogP contribution in [0.15, 0.2) is 47.0 Å². The maximum atomic E-state index is 12.6. The highest BCUT2D eigenvalue weighted by atomic mass is 16.5. The molecule has 0 radical (unpaired) electrons. The second-order valence-electron chi connectivity index (χ2n) is 7.04. The number of benzene rings is 2. The number of methoxy groups -OCH3 is 2. The molecule has 0 saturated heterocycles. The van der Waals surface area contributed by atoms with Gasteiger partial charge in [-0.3, -0.25) is 4.79 Å². The standard InChI is InChI=1S/C22H23N3O4/c1-27-18-12-11-17(13-19(18)28-2)23-21(26)15-9-7-14(8-10-15)20-24-22(29-25-20)16-5-3-4-6-16/h7-13,16H,3-6H2,1-2H3,(H,23,26). The summed E-state index contributed by atoms with van der Waals surface area (Å²) in [6.07, 6.45) is 4.65. The minimum Gasteiger partial charge on any atom is -0.493 e. The monoisotopic (exact) mass is 393 g/mol. The highest BCUT2D eigenvalue weighted by Crippen LogP contribution is 2.34. The summed E-state index contributed by atoms with van der Waals surface area (Å²) in [5.41, 5.74) is 1.97. The molecule has 0 unspecified atom stereocenters. The third-order valence-corrected chi connectivity index (χ3v) is 5.19. The Morgan fingerprint density at radius 1 is 1.03 bits per heavy atom. The number of rotatable bonds is 6. The van der Waals surface area contributed by atoms with E-state index in [1.165, 1.54) is 12.8 Å². The molecular weight excluding hydrogens is 370 g/mol. The molecule has 1 heterocycles. The summed E-state index contributed by atoms with van der Waals surface area (Å²) >= 11 is 0. The summed E-state index contributed by atoms with van der Waals surface area (Å²) in [6, 6.07) is 12.4. The first-order chi connectivity index (χ1) is 14.2. The van der Waals surface area contributed by atoms with E-state index in [9.17, 15) is 4.79 Å². The van der Waals surface area contributed by atoms with Gasteiger partial charge in [0.2, 0.25) is 11.7 Å².